The van der Waals surface area contributed by atoms with Gasteiger partial charge in [0.05, 0.1) is 49.6 Å². The lowest BCUT2D eigenvalue weighted by Gasteiger charge is -2.36. The number of hydrogen-bond donors (Lipinski definition) is 1. The molecular weight excluding hydrogens is 415 g/mol. The summed E-state index contributed by atoms with van der Waals surface area (Å²) < 4.78 is 52.2. The summed E-state index contributed by atoms with van der Waals surface area (Å²) in [7, 11) is 0. The number of hydrogen-bond acceptors (Lipinski definition) is 9. The molecular formula is C19H24F3N7O2. The monoisotopic (exact) mass is 439 g/mol. The number of rotatable bonds is 3. The van der Waals surface area contributed by atoms with E-state index in [2.05, 4.69) is 19.9 Å². The third-order valence-electron chi connectivity index (χ3n) is 5.33. The van der Waals surface area contributed by atoms with Crippen LogP contribution in [-0.4, -0.2) is 71.5 Å². The molecule has 2 aliphatic rings. The van der Waals surface area contributed by atoms with Crippen LogP contribution in [0.3, 0.4) is 0 Å². The van der Waals surface area contributed by atoms with Crippen molar-refractivity contribution in [2.75, 3.05) is 55.1 Å². The Hall–Kier alpha value is -2.73. The van der Waals surface area contributed by atoms with E-state index >= 15 is 0 Å². The average molecular weight is 439 g/mol. The number of nitrogens with zero attached hydrogens (tertiary/aromatic N) is 6. The van der Waals surface area contributed by atoms with E-state index < -0.39 is 11.7 Å². The summed E-state index contributed by atoms with van der Waals surface area (Å²) in [5.74, 6) is 0.283. The van der Waals surface area contributed by atoms with E-state index in [0.29, 0.717) is 51.4 Å². The molecule has 0 saturated carbocycles. The molecule has 0 aliphatic carbocycles. The lowest BCUT2D eigenvalue weighted by molar-refractivity contribution is -0.137. The predicted octanol–water partition coefficient (Wildman–Crippen LogP) is 1.98. The highest BCUT2D eigenvalue weighted by Gasteiger charge is 2.36. The number of nitrogens with two attached hydrogens (primary N) is 1. The first-order valence-electron chi connectivity index (χ1n) is 10.0. The van der Waals surface area contributed by atoms with E-state index in [9.17, 15) is 13.2 Å². The largest absolute Gasteiger partial charge is 0.417 e. The van der Waals surface area contributed by atoms with E-state index in [0.717, 1.165) is 12.3 Å². The van der Waals surface area contributed by atoms with Crippen LogP contribution in [-0.2, 0) is 15.7 Å². The molecule has 0 unspecified atom stereocenters. The van der Waals surface area contributed by atoms with Gasteiger partial charge in [0.15, 0.2) is 5.82 Å². The van der Waals surface area contributed by atoms with Crippen molar-refractivity contribution >= 4 is 17.7 Å². The third-order valence-corrected chi connectivity index (χ3v) is 5.33. The lowest BCUT2D eigenvalue weighted by atomic mass is 10.1. The number of alkyl halides is 3. The molecule has 0 aromatic carbocycles. The summed E-state index contributed by atoms with van der Waals surface area (Å²) in [6.45, 7) is 6.85. The summed E-state index contributed by atoms with van der Waals surface area (Å²) >= 11 is 0. The Morgan fingerprint density at radius 2 is 1.52 bits per heavy atom. The van der Waals surface area contributed by atoms with Crippen molar-refractivity contribution < 1.29 is 22.6 Å². The van der Waals surface area contributed by atoms with Gasteiger partial charge in [-0.25, -0.2) is 4.98 Å². The van der Waals surface area contributed by atoms with Crippen LogP contribution in [0.2, 0.25) is 0 Å². The Morgan fingerprint density at radius 1 is 0.968 bits per heavy atom. The van der Waals surface area contributed by atoms with Gasteiger partial charge >= 0.3 is 6.18 Å². The first kappa shape index (κ1) is 21.5. The van der Waals surface area contributed by atoms with Crippen LogP contribution in [0.4, 0.5) is 30.9 Å². The van der Waals surface area contributed by atoms with Gasteiger partial charge in [-0.3, -0.25) is 0 Å². The van der Waals surface area contributed by atoms with Gasteiger partial charge in [0.1, 0.15) is 5.82 Å². The Morgan fingerprint density at radius 3 is 2.00 bits per heavy atom. The molecule has 0 amide bonds. The van der Waals surface area contributed by atoms with Crippen molar-refractivity contribution in [3.05, 3.63) is 17.8 Å². The number of morpholine rings is 2. The van der Waals surface area contributed by atoms with Gasteiger partial charge < -0.3 is 25.0 Å². The van der Waals surface area contributed by atoms with E-state index in [1.165, 1.54) is 0 Å². The molecule has 2 saturated heterocycles. The summed E-state index contributed by atoms with van der Waals surface area (Å²) in [6, 6.07) is 0.726. The molecule has 0 spiro atoms. The van der Waals surface area contributed by atoms with Gasteiger partial charge in [0, 0.05) is 19.3 Å². The molecule has 0 radical (unpaired) electrons. The van der Waals surface area contributed by atoms with Crippen molar-refractivity contribution in [1.29, 1.82) is 0 Å². The number of nitrogen functional groups attached to an aromatic ring is 1. The van der Waals surface area contributed by atoms with Gasteiger partial charge in [-0.2, -0.15) is 28.1 Å². The van der Waals surface area contributed by atoms with Crippen LogP contribution < -0.4 is 15.5 Å². The maximum Gasteiger partial charge on any atom is 0.417 e. The molecule has 9 nitrogen and oxygen atoms in total. The summed E-state index contributed by atoms with van der Waals surface area (Å²) in [4.78, 5) is 21.1. The van der Waals surface area contributed by atoms with Crippen molar-refractivity contribution in [3.63, 3.8) is 0 Å². The molecule has 2 aromatic heterocycles. The second kappa shape index (κ2) is 8.42. The highest BCUT2D eigenvalue weighted by molar-refractivity contribution is 5.64. The average Bonchev–Trinajstić information content (AvgIpc) is 2.73. The number of pyridine rings is 1. The SMILES string of the molecule is C[C@@H]1COCCN1c1nc(-c2cnc(N)cc2C(F)(F)F)nc(N2CCOC[C@H]2C)n1. The first-order valence-corrected chi connectivity index (χ1v) is 10.0. The van der Waals surface area contributed by atoms with Crippen molar-refractivity contribution in [3.8, 4) is 11.4 Å². The second-order valence-electron chi connectivity index (χ2n) is 7.65. The molecule has 2 N–H and O–H groups in total. The number of aromatic nitrogens is 4. The van der Waals surface area contributed by atoms with Crippen LogP contribution in [0, 0.1) is 0 Å². The minimum Gasteiger partial charge on any atom is -0.384 e. The summed E-state index contributed by atoms with van der Waals surface area (Å²) in [5.41, 5.74) is 4.34. The third kappa shape index (κ3) is 4.49. The molecule has 168 valence electrons. The zero-order valence-corrected chi connectivity index (χ0v) is 17.3. The van der Waals surface area contributed by atoms with Gasteiger partial charge in [-0.1, -0.05) is 0 Å². The fourth-order valence-corrected chi connectivity index (χ4v) is 3.66. The Labute approximate surface area is 177 Å². The van der Waals surface area contributed by atoms with Crippen LogP contribution in [0.5, 0.6) is 0 Å². The molecule has 4 heterocycles. The normalized spacial score (nSPS) is 22.6. The molecule has 2 aliphatic heterocycles. The molecule has 0 bridgehead atoms. The number of anilines is 3. The smallest absolute Gasteiger partial charge is 0.384 e. The second-order valence-corrected chi connectivity index (χ2v) is 7.65. The Kier molecular flexibility index (Phi) is 5.84. The minimum atomic E-state index is -4.64. The standard InChI is InChI=1S/C19H24F3N7O2/c1-11-9-30-5-3-28(11)17-25-16(13-8-24-15(23)7-14(13)19(20,21)22)26-18(27-17)29-4-6-31-10-12(29)2/h7-8,11-12H,3-6,9-10H2,1-2H3,(H2,23,24)/t11-,12-/m1/s1. The zero-order chi connectivity index (χ0) is 22.2. The molecule has 2 aromatic rings. The first-order chi connectivity index (χ1) is 14.7. The van der Waals surface area contributed by atoms with Gasteiger partial charge in [-0.15, -0.1) is 0 Å². The fourth-order valence-electron chi connectivity index (χ4n) is 3.66. The van der Waals surface area contributed by atoms with E-state index in [1.54, 1.807) is 0 Å². The van der Waals surface area contributed by atoms with Crippen LogP contribution in [0.25, 0.3) is 11.4 Å². The minimum absolute atomic E-state index is 0.0365. The van der Waals surface area contributed by atoms with E-state index in [4.69, 9.17) is 15.2 Å². The molecule has 4 rings (SSSR count). The summed E-state index contributed by atoms with van der Waals surface area (Å²) in [5, 5.41) is 0. The molecule has 2 atom stereocenters. The number of halogens is 3. The molecule has 2 fully saturated rings. The van der Waals surface area contributed by atoms with Gasteiger partial charge in [0.25, 0.3) is 0 Å². The fraction of sp³-hybridized carbons (Fsp3) is 0.579. The predicted molar refractivity (Wildman–Crippen MR) is 108 cm³/mol. The maximum absolute atomic E-state index is 13.7. The quantitative estimate of drug-likeness (QED) is 0.769. The topological polar surface area (TPSA) is 103 Å². The Balaban J connectivity index is 1.86. The van der Waals surface area contributed by atoms with Crippen molar-refractivity contribution in [2.24, 2.45) is 0 Å². The molecule has 31 heavy (non-hydrogen) atoms. The van der Waals surface area contributed by atoms with E-state index in [-0.39, 0.29) is 29.3 Å². The van der Waals surface area contributed by atoms with Crippen LogP contribution in [0.1, 0.15) is 19.4 Å². The van der Waals surface area contributed by atoms with Gasteiger partial charge in [0.2, 0.25) is 11.9 Å². The van der Waals surface area contributed by atoms with E-state index in [1.807, 2.05) is 23.6 Å². The Bertz CT molecular complexity index is 903. The summed E-state index contributed by atoms with van der Waals surface area (Å²) in [6.07, 6.45) is -3.58. The van der Waals surface area contributed by atoms with Crippen LogP contribution in [0.15, 0.2) is 12.3 Å². The van der Waals surface area contributed by atoms with Crippen LogP contribution >= 0.6 is 0 Å². The van der Waals surface area contributed by atoms with Crippen molar-refractivity contribution in [1.82, 2.24) is 19.9 Å². The molecule has 12 heteroatoms. The maximum atomic E-state index is 13.7. The lowest BCUT2D eigenvalue weighted by Crippen LogP contribution is -2.46. The number of ether oxygens (including phenoxy) is 2. The van der Waals surface area contributed by atoms with Gasteiger partial charge in [-0.05, 0) is 19.9 Å². The zero-order valence-electron chi connectivity index (χ0n) is 17.3. The highest BCUT2D eigenvalue weighted by Crippen LogP contribution is 2.37. The highest BCUT2D eigenvalue weighted by atomic mass is 19.4. The van der Waals surface area contributed by atoms with Crippen molar-refractivity contribution in [2.45, 2.75) is 32.1 Å².